The number of ketones is 1. The van der Waals surface area contributed by atoms with Crippen LogP contribution in [-0.2, 0) is 14.3 Å². The van der Waals surface area contributed by atoms with Crippen LogP contribution in [0.15, 0.2) is 0 Å². The largest absolute Gasteiger partial charge is 0.349 e. The van der Waals surface area contributed by atoms with Crippen LogP contribution < -0.4 is 0 Å². The maximum Gasteiger partial charge on any atom is 0.167 e. The number of carbonyl (C=O) groups is 1. The molecule has 3 heteroatoms. The minimum Gasteiger partial charge on any atom is -0.349 e. The molecule has 76 valence electrons. The van der Waals surface area contributed by atoms with Crippen molar-refractivity contribution < 1.29 is 14.3 Å². The Morgan fingerprint density at radius 2 is 2.07 bits per heavy atom. The van der Waals surface area contributed by atoms with E-state index in [2.05, 4.69) is 0 Å². The van der Waals surface area contributed by atoms with E-state index in [-0.39, 0.29) is 12.4 Å². The lowest BCUT2D eigenvalue weighted by molar-refractivity contribution is -0.171. The molecule has 0 aromatic carbocycles. The van der Waals surface area contributed by atoms with Crippen LogP contribution in [0.3, 0.4) is 0 Å². The molecule has 2 saturated carbocycles. The molecule has 14 heavy (non-hydrogen) atoms. The molecule has 2 saturated heterocycles. The minimum absolute atomic E-state index is 0.0435. The minimum atomic E-state index is -0.222. The Morgan fingerprint density at radius 1 is 1.21 bits per heavy atom. The van der Waals surface area contributed by atoms with E-state index in [1.165, 1.54) is 19.3 Å². The number of ether oxygens (including phenoxy) is 2. The highest BCUT2D eigenvalue weighted by Gasteiger charge is 2.60. The molecule has 0 radical (unpaired) electrons. The van der Waals surface area contributed by atoms with Gasteiger partial charge in [-0.1, -0.05) is 0 Å². The van der Waals surface area contributed by atoms with Gasteiger partial charge >= 0.3 is 0 Å². The van der Waals surface area contributed by atoms with E-state index in [0.29, 0.717) is 36.1 Å². The van der Waals surface area contributed by atoms with E-state index in [1.54, 1.807) is 0 Å². The van der Waals surface area contributed by atoms with Crippen LogP contribution in [0.2, 0.25) is 0 Å². The summed E-state index contributed by atoms with van der Waals surface area (Å²) in [6.07, 6.45) is 3.53. The van der Waals surface area contributed by atoms with Crippen molar-refractivity contribution in [2.24, 2.45) is 23.7 Å². The number of hydrogen-bond acceptors (Lipinski definition) is 3. The smallest absolute Gasteiger partial charge is 0.167 e. The van der Waals surface area contributed by atoms with Crippen LogP contribution in [0.1, 0.15) is 19.3 Å². The zero-order chi connectivity index (χ0) is 9.28. The second-order valence-corrected chi connectivity index (χ2v) is 5.17. The third kappa shape index (κ3) is 0.751. The second-order valence-electron chi connectivity index (χ2n) is 5.17. The lowest BCUT2D eigenvalue weighted by Gasteiger charge is -2.36. The fourth-order valence-electron chi connectivity index (χ4n) is 4.14. The van der Waals surface area contributed by atoms with E-state index in [9.17, 15) is 4.79 Å². The van der Waals surface area contributed by atoms with Crippen LogP contribution in [-0.4, -0.2) is 24.8 Å². The lowest BCUT2D eigenvalue weighted by Crippen LogP contribution is -2.46. The second kappa shape index (κ2) is 2.39. The van der Waals surface area contributed by atoms with Crippen molar-refractivity contribution in [2.45, 2.75) is 31.7 Å². The van der Waals surface area contributed by atoms with Crippen LogP contribution >= 0.6 is 0 Å². The summed E-state index contributed by atoms with van der Waals surface area (Å²) in [5, 5.41) is 0. The van der Waals surface area contributed by atoms with Gasteiger partial charge in [-0.05, 0) is 31.1 Å². The van der Waals surface area contributed by atoms with Gasteiger partial charge in [-0.15, -0.1) is 0 Å². The molecular weight excluding hydrogens is 180 g/mol. The third-order valence-corrected chi connectivity index (χ3v) is 4.65. The molecule has 0 aromatic rings. The van der Waals surface area contributed by atoms with Crippen molar-refractivity contribution in [2.75, 3.05) is 6.61 Å². The molecule has 4 rings (SSSR count). The Balaban J connectivity index is 1.78. The predicted octanol–water partition coefficient (Wildman–Crippen LogP) is 0.973. The summed E-state index contributed by atoms with van der Waals surface area (Å²) in [4.78, 5) is 12.0. The Hall–Kier alpha value is -0.410. The molecule has 2 aliphatic heterocycles. The summed E-state index contributed by atoms with van der Waals surface area (Å²) in [7, 11) is 0. The standard InChI is InChI=1S/C11H14O3/c12-10-7-4-13-11(14-7)9-6-2-1-5(3-6)8(9)10/h5-9,11H,1-4H2/t5-,6+,7+,8-,9+,11+/m0/s1. The molecule has 2 heterocycles. The van der Waals surface area contributed by atoms with E-state index in [0.717, 1.165) is 0 Å². The number of fused-ring (bicyclic) bond motifs is 8. The summed E-state index contributed by atoms with van der Waals surface area (Å²) in [6.45, 7) is 0.510. The monoisotopic (exact) mass is 194 g/mol. The molecule has 3 nitrogen and oxygen atoms in total. The summed E-state index contributed by atoms with van der Waals surface area (Å²) < 4.78 is 11.2. The van der Waals surface area contributed by atoms with Crippen molar-refractivity contribution in [1.82, 2.24) is 0 Å². The summed E-state index contributed by atoms with van der Waals surface area (Å²) in [6, 6.07) is 0. The van der Waals surface area contributed by atoms with Crippen LogP contribution in [0.4, 0.5) is 0 Å². The van der Waals surface area contributed by atoms with Crippen molar-refractivity contribution in [1.29, 1.82) is 0 Å². The van der Waals surface area contributed by atoms with Gasteiger partial charge in [-0.25, -0.2) is 0 Å². The highest BCUT2D eigenvalue weighted by molar-refractivity contribution is 5.87. The molecule has 0 spiro atoms. The Kier molecular flexibility index (Phi) is 1.34. The average molecular weight is 194 g/mol. The van der Waals surface area contributed by atoms with Gasteiger partial charge in [0.2, 0.25) is 0 Å². The Morgan fingerprint density at radius 3 is 3.00 bits per heavy atom. The maximum absolute atomic E-state index is 12.0. The highest BCUT2D eigenvalue weighted by atomic mass is 16.7. The van der Waals surface area contributed by atoms with Gasteiger partial charge in [0.25, 0.3) is 0 Å². The van der Waals surface area contributed by atoms with Crippen LogP contribution in [0, 0.1) is 23.7 Å². The summed E-state index contributed by atoms with van der Waals surface area (Å²) in [5.74, 6) is 2.40. The fraction of sp³-hybridized carbons (Fsp3) is 0.909. The van der Waals surface area contributed by atoms with Gasteiger partial charge in [0.05, 0.1) is 6.61 Å². The third-order valence-electron chi connectivity index (χ3n) is 4.65. The zero-order valence-electron chi connectivity index (χ0n) is 8.02. The van der Waals surface area contributed by atoms with Crippen molar-refractivity contribution >= 4 is 5.78 Å². The topological polar surface area (TPSA) is 35.5 Å². The number of hydrogen-bond donors (Lipinski definition) is 0. The van der Waals surface area contributed by atoms with Crippen molar-refractivity contribution in [3.63, 3.8) is 0 Å². The number of rotatable bonds is 0. The van der Waals surface area contributed by atoms with E-state index in [1.807, 2.05) is 0 Å². The Bertz CT molecular complexity index is 301. The molecule has 0 unspecified atom stereocenters. The first kappa shape index (κ1) is 7.83. The fourth-order valence-corrected chi connectivity index (χ4v) is 4.14. The molecule has 4 fully saturated rings. The highest BCUT2D eigenvalue weighted by Crippen LogP contribution is 2.57. The summed E-state index contributed by atoms with van der Waals surface area (Å²) in [5.41, 5.74) is 0. The molecule has 4 aliphatic rings. The quantitative estimate of drug-likeness (QED) is 0.576. The predicted molar refractivity (Wildman–Crippen MR) is 47.4 cm³/mol. The molecule has 6 atom stereocenters. The lowest BCUT2D eigenvalue weighted by atomic mass is 9.74. The van der Waals surface area contributed by atoms with Gasteiger partial charge in [0.15, 0.2) is 12.1 Å². The normalized spacial score (nSPS) is 59.3. The van der Waals surface area contributed by atoms with Gasteiger partial charge < -0.3 is 9.47 Å². The van der Waals surface area contributed by atoms with Crippen LogP contribution in [0.25, 0.3) is 0 Å². The van der Waals surface area contributed by atoms with Crippen LogP contribution in [0.5, 0.6) is 0 Å². The van der Waals surface area contributed by atoms with Gasteiger partial charge in [-0.3, -0.25) is 4.79 Å². The molecular formula is C11H14O3. The van der Waals surface area contributed by atoms with Gasteiger partial charge in [0, 0.05) is 11.8 Å². The van der Waals surface area contributed by atoms with Gasteiger partial charge in [-0.2, -0.15) is 0 Å². The average Bonchev–Trinajstić information content (AvgIpc) is 2.89. The van der Waals surface area contributed by atoms with E-state index >= 15 is 0 Å². The number of carbonyl (C=O) groups excluding carboxylic acids is 1. The number of Topliss-reactive ketones (excluding diaryl/α,β-unsaturated/α-hetero) is 1. The summed E-state index contributed by atoms with van der Waals surface area (Å²) >= 11 is 0. The van der Waals surface area contributed by atoms with Crippen molar-refractivity contribution in [3.8, 4) is 0 Å². The first-order valence-electron chi connectivity index (χ1n) is 5.65. The molecule has 0 N–H and O–H groups in total. The SMILES string of the molecule is O=C1[C@H]2[C@H]3CC[C@H](C3)[C@H]2[C@@H]2OC[C@H]1O2. The van der Waals surface area contributed by atoms with Gasteiger partial charge in [0.1, 0.15) is 6.10 Å². The maximum atomic E-state index is 12.0. The first-order chi connectivity index (χ1) is 6.84. The first-order valence-corrected chi connectivity index (χ1v) is 5.65. The van der Waals surface area contributed by atoms with E-state index < -0.39 is 0 Å². The molecule has 2 aliphatic carbocycles. The Labute approximate surface area is 82.8 Å². The van der Waals surface area contributed by atoms with Crippen molar-refractivity contribution in [3.05, 3.63) is 0 Å². The van der Waals surface area contributed by atoms with E-state index in [4.69, 9.17) is 9.47 Å². The molecule has 4 bridgehead atoms. The molecule has 0 amide bonds. The molecule has 0 aromatic heterocycles. The zero-order valence-corrected chi connectivity index (χ0v) is 8.02.